The van der Waals surface area contributed by atoms with Crippen LogP contribution in [-0.2, 0) is 29.5 Å². The molecule has 2 aliphatic rings. The zero-order valence-corrected chi connectivity index (χ0v) is 22.5. The van der Waals surface area contributed by atoms with Crippen LogP contribution in [0.3, 0.4) is 0 Å². The highest BCUT2D eigenvalue weighted by Crippen LogP contribution is 2.13. The van der Waals surface area contributed by atoms with Crippen molar-refractivity contribution >= 4 is 31.7 Å². The lowest BCUT2D eigenvalue weighted by Gasteiger charge is -2.10. The van der Waals surface area contributed by atoms with Crippen molar-refractivity contribution < 1.29 is 26.3 Å². The van der Waals surface area contributed by atoms with Gasteiger partial charge in [-0.05, 0) is 48.5 Å². The van der Waals surface area contributed by atoms with E-state index in [0.29, 0.717) is 13.1 Å². The first kappa shape index (κ1) is 28.1. The summed E-state index contributed by atoms with van der Waals surface area (Å²) in [6.07, 6.45) is 0. The van der Waals surface area contributed by atoms with Gasteiger partial charge < -0.3 is 20.1 Å². The summed E-state index contributed by atoms with van der Waals surface area (Å²) in [5.74, 6) is 1.54. The van der Waals surface area contributed by atoms with Gasteiger partial charge in [-0.3, -0.25) is 9.98 Å². The van der Waals surface area contributed by atoms with E-state index in [1.54, 1.807) is 48.5 Å². The van der Waals surface area contributed by atoms with Crippen LogP contribution in [0.1, 0.15) is 11.1 Å². The summed E-state index contributed by atoms with van der Waals surface area (Å²) in [7, 11) is -7.29. The molecule has 0 spiro atoms. The third kappa shape index (κ3) is 7.82. The first-order valence-electron chi connectivity index (χ1n) is 12.3. The highest BCUT2D eigenvalue weighted by molar-refractivity contribution is 7.89. The zero-order chi connectivity index (χ0) is 26.8. The maximum Gasteiger partial charge on any atom is 0.240 e. The number of amidine groups is 2. The minimum absolute atomic E-state index is 0.111. The van der Waals surface area contributed by atoms with E-state index in [4.69, 9.17) is 9.47 Å². The molecule has 0 amide bonds. The Morgan fingerprint density at radius 3 is 1.37 bits per heavy atom. The molecular weight excluding hydrogens is 532 g/mol. The van der Waals surface area contributed by atoms with Gasteiger partial charge in [0.15, 0.2) is 0 Å². The van der Waals surface area contributed by atoms with Crippen LogP contribution in [0, 0.1) is 0 Å². The molecule has 4 rings (SSSR count). The molecule has 12 nitrogen and oxygen atoms in total. The quantitative estimate of drug-likeness (QED) is 0.214. The number of nitrogens with zero attached hydrogens (tertiary/aromatic N) is 2. The number of benzene rings is 2. The third-order valence-corrected chi connectivity index (χ3v) is 8.63. The minimum atomic E-state index is -3.64. The smallest absolute Gasteiger partial charge is 0.240 e. The Bertz CT molecular complexity index is 1240. The predicted molar refractivity (Wildman–Crippen MR) is 144 cm³/mol. The first-order chi connectivity index (χ1) is 18.4. The summed E-state index contributed by atoms with van der Waals surface area (Å²) in [5, 5.41) is 6.29. The molecule has 2 heterocycles. The second-order valence-corrected chi connectivity index (χ2v) is 11.9. The van der Waals surface area contributed by atoms with Gasteiger partial charge in [0.05, 0.1) is 49.3 Å². The van der Waals surface area contributed by atoms with Gasteiger partial charge in [-0.25, -0.2) is 26.3 Å². The molecule has 0 fully saturated rings. The lowest BCUT2D eigenvalue weighted by Crippen LogP contribution is -2.29. The SMILES string of the molecule is O=S(=O)(NCCOCCOCCNS(=O)(=O)c1ccc(C2=NCCN2)cc1)c1ccc(C2=NCCN2)cc1. The molecule has 0 aliphatic carbocycles. The van der Waals surface area contributed by atoms with E-state index in [1.165, 1.54) is 0 Å². The summed E-state index contributed by atoms with van der Waals surface area (Å²) in [4.78, 5) is 8.97. The van der Waals surface area contributed by atoms with Gasteiger partial charge in [-0.2, -0.15) is 0 Å². The summed E-state index contributed by atoms with van der Waals surface area (Å²) < 4.78 is 65.5. The van der Waals surface area contributed by atoms with E-state index in [2.05, 4.69) is 30.1 Å². The van der Waals surface area contributed by atoms with Crippen molar-refractivity contribution in [2.45, 2.75) is 9.79 Å². The van der Waals surface area contributed by atoms with Crippen molar-refractivity contribution in [3.8, 4) is 0 Å². The van der Waals surface area contributed by atoms with Crippen LogP contribution < -0.4 is 20.1 Å². The zero-order valence-electron chi connectivity index (χ0n) is 20.9. The van der Waals surface area contributed by atoms with Gasteiger partial charge in [-0.15, -0.1) is 0 Å². The third-order valence-electron chi connectivity index (χ3n) is 5.67. The number of nitrogens with one attached hydrogen (secondary N) is 4. The van der Waals surface area contributed by atoms with Crippen molar-refractivity contribution in [1.29, 1.82) is 0 Å². The fraction of sp³-hybridized carbons (Fsp3) is 0.417. The summed E-state index contributed by atoms with van der Waals surface area (Å²) in [5.41, 5.74) is 1.69. The maximum absolute atomic E-state index is 12.4. The molecule has 0 saturated heterocycles. The Kier molecular flexibility index (Phi) is 9.82. The molecule has 206 valence electrons. The van der Waals surface area contributed by atoms with Gasteiger partial charge in [-0.1, -0.05) is 0 Å². The molecule has 4 N–H and O–H groups in total. The van der Waals surface area contributed by atoms with Crippen molar-refractivity contribution in [2.75, 3.05) is 65.7 Å². The Hall–Kier alpha value is -2.88. The van der Waals surface area contributed by atoms with Crippen LogP contribution in [0.5, 0.6) is 0 Å². The standard InChI is InChI=1S/C24H32N6O6S2/c31-37(32,21-5-1-19(2-6-21)23-25-9-10-26-23)29-13-15-35-17-18-36-16-14-30-38(33,34)22-7-3-20(4-8-22)24-27-11-12-28-24/h1-8,29-30H,9-18H2,(H,25,26)(H,27,28). The number of rotatable bonds is 15. The molecule has 0 aromatic heterocycles. The van der Waals surface area contributed by atoms with Crippen LogP contribution in [0.15, 0.2) is 68.3 Å². The molecule has 0 unspecified atom stereocenters. The highest BCUT2D eigenvalue weighted by Gasteiger charge is 2.16. The van der Waals surface area contributed by atoms with E-state index in [9.17, 15) is 16.8 Å². The van der Waals surface area contributed by atoms with Gasteiger partial charge in [0.25, 0.3) is 0 Å². The molecule has 0 saturated carbocycles. The second-order valence-electron chi connectivity index (χ2n) is 8.38. The normalized spacial score (nSPS) is 15.6. The average molecular weight is 565 g/mol. The van der Waals surface area contributed by atoms with E-state index in [0.717, 1.165) is 35.9 Å². The lowest BCUT2D eigenvalue weighted by atomic mass is 10.2. The van der Waals surface area contributed by atoms with Crippen LogP contribution >= 0.6 is 0 Å². The number of sulfonamides is 2. The second kappa shape index (κ2) is 13.3. The van der Waals surface area contributed by atoms with Crippen LogP contribution in [0.4, 0.5) is 0 Å². The number of ether oxygens (including phenoxy) is 2. The molecule has 0 bridgehead atoms. The van der Waals surface area contributed by atoms with Crippen LogP contribution in [-0.4, -0.2) is 94.2 Å². The molecule has 2 aromatic rings. The van der Waals surface area contributed by atoms with Gasteiger partial charge in [0, 0.05) is 37.3 Å². The Morgan fingerprint density at radius 2 is 1.03 bits per heavy atom. The molecule has 2 aliphatic heterocycles. The fourth-order valence-electron chi connectivity index (χ4n) is 3.75. The molecule has 2 aromatic carbocycles. The van der Waals surface area contributed by atoms with E-state index in [1.807, 2.05) is 0 Å². The Balaban J connectivity index is 1.06. The van der Waals surface area contributed by atoms with Crippen molar-refractivity contribution in [3.05, 3.63) is 59.7 Å². The highest BCUT2D eigenvalue weighted by atomic mass is 32.2. The van der Waals surface area contributed by atoms with Gasteiger partial charge in [0.2, 0.25) is 20.0 Å². The van der Waals surface area contributed by atoms with E-state index in [-0.39, 0.29) is 49.3 Å². The number of hydrogen-bond donors (Lipinski definition) is 4. The maximum atomic E-state index is 12.4. The summed E-state index contributed by atoms with van der Waals surface area (Å²) in [6, 6.07) is 13.1. The molecule has 0 radical (unpaired) electrons. The van der Waals surface area contributed by atoms with Crippen LogP contribution in [0.2, 0.25) is 0 Å². The van der Waals surface area contributed by atoms with Crippen molar-refractivity contribution in [1.82, 2.24) is 20.1 Å². The average Bonchev–Trinajstić information content (AvgIpc) is 3.65. The molecule has 0 atom stereocenters. The molecular formula is C24H32N6O6S2. The minimum Gasteiger partial charge on any atom is -0.378 e. The summed E-state index contributed by atoms with van der Waals surface area (Å²) >= 11 is 0. The first-order valence-corrected chi connectivity index (χ1v) is 15.2. The van der Waals surface area contributed by atoms with Gasteiger partial charge in [0.1, 0.15) is 11.7 Å². The Labute approximate surface area is 223 Å². The topological polar surface area (TPSA) is 160 Å². The summed E-state index contributed by atoms with van der Waals surface area (Å²) in [6.45, 7) is 4.06. The Morgan fingerprint density at radius 1 is 0.632 bits per heavy atom. The fourth-order valence-corrected chi connectivity index (χ4v) is 5.78. The largest absolute Gasteiger partial charge is 0.378 e. The lowest BCUT2D eigenvalue weighted by molar-refractivity contribution is 0.0522. The van der Waals surface area contributed by atoms with Gasteiger partial charge >= 0.3 is 0 Å². The van der Waals surface area contributed by atoms with Crippen LogP contribution in [0.25, 0.3) is 0 Å². The monoisotopic (exact) mass is 564 g/mol. The number of aliphatic imine (C=N–C) groups is 2. The van der Waals surface area contributed by atoms with Crippen molar-refractivity contribution in [3.63, 3.8) is 0 Å². The van der Waals surface area contributed by atoms with E-state index >= 15 is 0 Å². The molecule has 14 heteroatoms. The van der Waals surface area contributed by atoms with E-state index < -0.39 is 20.0 Å². The molecule has 38 heavy (non-hydrogen) atoms. The number of hydrogen-bond acceptors (Lipinski definition) is 10. The van der Waals surface area contributed by atoms with Crippen molar-refractivity contribution in [2.24, 2.45) is 9.98 Å². The predicted octanol–water partition coefficient (Wildman–Crippen LogP) is -0.324.